The summed E-state index contributed by atoms with van der Waals surface area (Å²) in [6.07, 6.45) is 3.40. The maximum Gasteiger partial charge on any atom is 0.256 e. The molecule has 0 bridgehead atoms. The van der Waals surface area contributed by atoms with Crippen molar-refractivity contribution in [2.45, 2.75) is 20.4 Å². The van der Waals surface area contributed by atoms with E-state index in [1.807, 2.05) is 26.0 Å². The molecule has 0 fully saturated rings. The normalized spacial score (nSPS) is 9.86. The van der Waals surface area contributed by atoms with Gasteiger partial charge < -0.3 is 10.4 Å². The van der Waals surface area contributed by atoms with Crippen molar-refractivity contribution in [1.82, 2.24) is 9.78 Å². The van der Waals surface area contributed by atoms with Crippen molar-refractivity contribution in [3.05, 3.63) is 47.3 Å². The van der Waals surface area contributed by atoms with Crippen LogP contribution < -0.4 is 5.32 Å². The lowest BCUT2D eigenvalue weighted by molar-refractivity contribution is 0.102. The number of benzene rings is 1. The van der Waals surface area contributed by atoms with Crippen molar-refractivity contribution >= 4 is 11.6 Å². The first-order valence-electron chi connectivity index (χ1n) is 6.68. The van der Waals surface area contributed by atoms with E-state index in [4.69, 9.17) is 5.11 Å². The number of carbonyl (C=O) groups is 1. The lowest BCUT2D eigenvalue weighted by Gasteiger charge is -2.06. The lowest BCUT2D eigenvalue weighted by atomic mass is 10.0. The van der Waals surface area contributed by atoms with Crippen LogP contribution in [0.15, 0.2) is 30.6 Å². The highest BCUT2D eigenvalue weighted by Gasteiger charge is 2.10. The Hall–Kier alpha value is -2.58. The monoisotopic (exact) mass is 283 g/mol. The quantitative estimate of drug-likeness (QED) is 0.844. The predicted octanol–water partition coefficient (Wildman–Crippen LogP) is 1.81. The van der Waals surface area contributed by atoms with Crippen molar-refractivity contribution in [2.75, 3.05) is 11.9 Å². The van der Waals surface area contributed by atoms with E-state index in [0.717, 1.165) is 12.1 Å². The number of aromatic nitrogens is 2. The highest BCUT2D eigenvalue weighted by Crippen LogP contribution is 2.14. The molecule has 2 N–H and O–H groups in total. The van der Waals surface area contributed by atoms with Crippen LogP contribution in [0, 0.1) is 18.8 Å². The van der Waals surface area contributed by atoms with Crippen LogP contribution in [0.25, 0.3) is 0 Å². The molecule has 1 heterocycles. The standard InChI is InChI=1S/C16H17N3O2/c1-3-19-11-14(10-17-19)18-16(21)15-9-13(5-4-8-20)7-6-12(15)2/h6-7,9-11,20H,3,8H2,1-2H3,(H,18,21). The fourth-order valence-corrected chi connectivity index (χ4v) is 1.89. The van der Waals surface area contributed by atoms with Gasteiger partial charge in [0.25, 0.3) is 5.91 Å². The van der Waals surface area contributed by atoms with Gasteiger partial charge in [-0.15, -0.1) is 0 Å². The van der Waals surface area contributed by atoms with Crippen molar-refractivity contribution < 1.29 is 9.90 Å². The third-order valence-electron chi connectivity index (χ3n) is 3.01. The molecule has 1 aromatic heterocycles. The molecule has 5 nitrogen and oxygen atoms in total. The van der Waals surface area contributed by atoms with E-state index >= 15 is 0 Å². The molecule has 0 saturated carbocycles. The van der Waals surface area contributed by atoms with Crippen LogP contribution in [0.3, 0.4) is 0 Å². The van der Waals surface area contributed by atoms with Crippen molar-refractivity contribution in [3.8, 4) is 11.8 Å². The fourth-order valence-electron chi connectivity index (χ4n) is 1.89. The van der Waals surface area contributed by atoms with E-state index in [9.17, 15) is 4.79 Å². The number of carbonyl (C=O) groups excluding carboxylic acids is 1. The number of rotatable bonds is 3. The van der Waals surface area contributed by atoms with Gasteiger partial charge in [-0.3, -0.25) is 9.48 Å². The first-order chi connectivity index (χ1) is 10.1. The molecule has 21 heavy (non-hydrogen) atoms. The zero-order chi connectivity index (χ0) is 15.2. The second-order valence-electron chi connectivity index (χ2n) is 4.53. The Kier molecular flexibility index (Phi) is 4.75. The summed E-state index contributed by atoms with van der Waals surface area (Å²) in [6, 6.07) is 5.38. The summed E-state index contributed by atoms with van der Waals surface area (Å²) in [4.78, 5) is 12.3. The molecule has 0 spiro atoms. The predicted molar refractivity (Wildman–Crippen MR) is 81.0 cm³/mol. The molecule has 0 atom stereocenters. The Bertz CT molecular complexity index is 708. The van der Waals surface area contributed by atoms with Crippen LogP contribution >= 0.6 is 0 Å². The highest BCUT2D eigenvalue weighted by atomic mass is 16.2. The molecule has 1 amide bonds. The summed E-state index contributed by atoms with van der Waals surface area (Å²) in [5.74, 6) is 5.17. The van der Waals surface area contributed by atoms with E-state index < -0.39 is 0 Å². The summed E-state index contributed by atoms with van der Waals surface area (Å²) >= 11 is 0. The molecule has 1 aromatic carbocycles. The minimum Gasteiger partial charge on any atom is -0.384 e. The average Bonchev–Trinajstić information content (AvgIpc) is 2.94. The molecule has 2 aromatic rings. The van der Waals surface area contributed by atoms with Crippen LogP contribution in [-0.4, -0.2) is 27.4 Å². The van der Waals surface area contributed by atoms with Gasteiger partial charge in [0.2, 0.25) is 0 Å². The van der Waals surface area contributed by atoms with Gasteiger partial charge in [0.1, 0.15) is 6.61 Å². The number of amides is 1. The third-order valence-corrected chi connectivity index (χ3v) is 3.01. The van der Waals surface area contributed by atoms with Crippen LogP contribution in [0.5, 0.6) is 0 Å². The van der Waals surface area contributed by atoms with Crippen LogP contribution in [0.1, 0.15) is 28.4 Å². The van der Waals surface area contributed by atoms with Crippen LogP contribution in [-0.2, 0) is 6.54 Å². The lowest BCUT2D eigenvalue weighted by Crippen LogP contribution is -2.13. The van der Waals surface area contributed by atoms with Crippen LogP contribution in [0.2, 0.25) is 0 Å². The smallest absolute Gasteiger partial charge is 0.256 e. The number of hydrogen-bond donors (Lipinski definition) is 2. The molecular formula is C16H17N3O2. The van der Waals surface area contributed by atoms with Crippen molar-refractivity contribution in [1.29, 1.82) is 0 Å². The highest BCUT2D eigenvalue weighted by molar-refractivity contribution is 6.05. The molecule has 0 aliphatic heterocycles. The maximum atomic E-state index is 12.3. The number of anilines is 1. The van der Waals surface area contributed by atoms with Gasteiger partial charge in [0.15, 0.2) is 0 Å². The van der Waals surface area contributed by atoms with Gasteiger partial charge in [-0.05, 0) is 31.5 Å². The van der Waals surface area contributed by atoms with E-state index in [-0.39, 0.29) is 12.5 Å². The average molecular weight is 283 g/mol. The fraction of sp³-hybridized carbons (Fsp3) is 0.250. The first-order valence-corrected chi connectivity index (χ1v) is 6.68. The van der Waals surface area contributed by atoms with Crippen molar-refractivity contribution in [3.63, 3.8) is 0 Å². The first kappa shape index (κ1) is 14.8. The van der Waals surface area contributed by atoms with Gasteiger partial charge in [-0.25, -0.2) is 0 Å². The summed E-state index contributed by atoms with van der Waals surface area (Å²) in [5, 5.41) is 15.6. The second-order valence-corrected chi connectivity index (χ2v) is 4.53. The van der Waals surface area contributed by atoms with Crippen molar-refractivity contribution in [2.24, 2.45) is 0 Å². The van der Waals surface area contributed by atoms with E-state index in [1.165, 1.54) is 0 Å². The second kappa shape index (κ2) is 6.73. The zero-order valence-electron chi connectivity index (χ0n) is 12.1. The molecule has 2 rings (SSSR count). The minimum atomic E-state index is -0.203. The Morgan fingerprint density at radius 1 is 1.48 bits per heavy atom. The molecule has 0 aliphatic rings. The SMILES string of the molecule is CCn1cc(NC(=O)c2cc(C#CCO)ccc2C)cn1. The van der Waals surface area contributed by atoms with Gasteiger partial charge >= 0.3 is 0 Å². The maximum absolute atomic E-state index is 12.3. The third kappa shape index (κ3) is 3.71. The molecule has 108 valence electrons. The van der Waals surface area contributed by atoms with Crippen LogP contribution in [0.4, 0.5) is 5.69 Å². The van der Waals surface area contributed by atoms with Gasteiger partial charge in [0, 0.05) is 23.9 Å². The number of aliphatic hydroxyl groups is 1. The number of nitrogens with zero attached hydrogens (tertiary/aromatic N) is 2. The molecular weight excluding hydrogens is 266 g/mol. The molecule has 0 aliphatic carbocycles. The number of aliphatic hydroxyl groups excluding tert-OH is 1. The minimum absolute atomic E-state index is 0.198. The topological polar surface area (TPSA) is 67.2 Å². The Morgan fingerprint density at radius 3 is 2.95 bits per heavy atom. The zero-order valence-corrected chi connectivity index (χ0v) is 12.1. The summed E-state index contributed by atoms with van der Waals surface area (Å²) in [6.45, 7) is 4.40. The number of nitrogens with one attached hydrogen (secondary N) is 1. The Balaban J connectivity index is 2.21. The summed E-state index contributed by atoms with van der Waals surface area (Å²) in [7, 11) is 0. The van der Waals surface area contributed by atoms with E-state index in [1.54, 1.807) is 23.1 Å². The molecule has 0 radical (unpaired) electrons. The van der Waals surface area contributed by atoms with Gasteiger partial charge in [-0.1, -0.05) is 17.9 Å². The van der Waals surface area contributed by atoms with Gasteiger partial charge in [0.05, 0.1) is 11.9 Å². The Morgan fingerprint density at radius 2 is 2.29 bits per heavy atom. The molecule has 0 unspecified atom stereocenters. The number of hydrogen-bond acceptors (Lipinski definition) is 3. The largest absolute Gasteiger partial charge is 0.384 e. The summed E-state index contributed by atoms with van der Waals surface area (Å²) < 4.78 is 1.74. The summed E-state index contributed by atoms with van der Waals surface area (Å²) in [5.41, 5.74) is 2.78. The molecule has 5 heteroatoms. The Labute approximate surface area is 123 Å². The number of aryl methyl sites for hydroxylation is 2. The molecule has 0 saturated heterocycles. The van der Waals surface area contributed by atoms with E-state index in [2.05, 4.69) is 22.3 Å². The van der Waals surface area contributed by atoms with E-state index in [0.29, 0.717) is 16.8 Å². The van der Waals surface area contributed by atoms with Gasteiger partial charge in [-0.2, -0.15) is 5.10 Å².